The van der Waals surface area contributed by atoms with Gasteiger partial charge in [0.1, 0.15) is 5.82 Å². The summed E-state index contributed by atoms with van der Waals surface area (Å²) in [6.07, 6.45) is 0. The molecule has 0 aromatic heterocycles. The lowest BCUT2D eigenvalue weighted by atomic mass is 9.96. The molecule has 1 unspecified atom stereocenters. The van der Waals surface area contributed by atoms with Gasteiger partial charge < -0.3 is 16.2 Å². The highest BCUT2D eigenvalue weighted by atomic mass is 19.1. The highest BCUT2D eigenvalue weighted by Crippen LogP contribution is 2.20. The number of nitrogens with one attached hydrogen (secondary N) is 1. The second kappa shape index (κ2) is 6.68. The van der Waals surface area contributed by atoms with Crippen molar-refractivity contribution in [2.75, 3.05) is 6.54 Å². The van der Waals surface area contributed by atoms with Crippen molar-refractivity contribution >= 4 is 5.91 Å². The molecule has 4 N–H and O–H groups in total. The molecule has 0 saturated heterocycles. The molecule has 2 rings (SSSR count). The van der Waals surface area contributed by atoms with E-state index in [4.69, 9.17) is 5.73 Å². The molecule has 4 nitrogen and oxygen atoms in total. The minimum Gasteiger partial charge on any atom is -0.384 e. The second-order valence-corrected chi connectivity index (χ2v) is 5.45. The Kier molecular flexibility index (Phi) is 4.90. The highest BCUT2D eigenvalue weighted by molar-refractivity contribution is 5.92. The summed E-state index contributed by atoms with van der Waals surface area (Å²) in [4.78, 5) is 11.1. The van der Waals surface area contributed by atoms with E-state index in [9.17, 15) is 14.3 Å². The Balaban J connectivity index is 1.96. The van der Waals surface area contributed by atoms with Crippen LogP contribution in [0.3, 0.4) is 0 Å². The third-order valence-electron chi connectivity index (χ3n) is 3.48. The number of rotatable bonds is 6. The Labute approximate surface area is 128 Å². The van der Waals surface area contributed by atoms with Gasteiger partial charge in [-0.1, -0.05) is 24.3 Å². The molecule has 22 heavy (non-hydrogen) atoms. The summed E-state index contributed by atoms with van der Waals surface area (Å²) < 4.78 is 12.9. The predicted molar refractivity (Wildman–Crippen MR) is 82.6 cm³/mol. The second-order valence-electron chi connectivity index (χ2n) is 5.45. The van der Waals surface area contributed by atoms with Crippen molar-refractivity contribution in [1.29, 1.82) is 0 Å². The van der Waals surface area contributed by atoms with Gasteiger partial charge in [-0.3, -0.25) is 4.79 Å². The summed E-state index contributed by atoms with van der Waals surface area (Å²) in [5.41, 5.74) is 6.10. The van der Waals surface area contributed by atoms with Crippen LogP contribution in [-0.4, -0.2) is 17.6 Å². The molecular formula is C17H19FN2O2. The standard InChI is InChI=1S/C17H19FN2O2/c1-17(22,14-5-7-15(18)8-6-14)11-20-10-12-3-2-4-13(9-12)16(19)21/h2-9,20,22H,10-11H2,1H3,(H2,19,21). The van der Waals surface area contributed by atoms with Crippen LogP contribution < -0.4 is 11.1 Å². The van der Waals surface area contributed by atoms with E-state index in [2.05, 4.69) is 5.32 Å². The first kappa shape index (κ1) is 16.1. The van der Waals surface area contributed by atoms with Crippen LogP contribution in [0.25, 0.3) is 0 Å². The van der Waals surface area contributed by atoms with Gasteiger partial charge in [-0.25, -0.2) is 4.39 Å². The van der Waals surface area contributed by atoms with Gasteiger partial charge in [-0.05, 0) is 42.3 Å². The summed E-state index contributed by atoms with van der Waals surface area (Å²) in [6.45, 7) is 2.44. The normalized spacial score (nSPS) is 13.6. The van der Waals surface area contributed by atoms with Crippen molar-refractivity contribution < 1.29 is 14.3 Å². The number of aliphatic hydroxyl groups is 1. The molecule has 0 aliphatic rings. The van der Waals surface area contributed by atoms with Crippen molar-refractivity contribution in [2.45, 2.75) is 19.1 Å². The van der Waals surface area contributed by atoms with Gasteiger partial charge >= 0.3 is 0 Å². The predicted octanol–water partition coefficient (Wildman–Crippen LogP) is 1.92. The summed E-state index contributed by atoms with van der Waals surface area (Å²) in [5, 5.41) is 13.6. The van der Waals surface area contributed by atoms with Crippen LogP contribution >= 0.6 is 0 Å². The molecular weight excluding hydrogens is 283 g/mol. The van der Waals surface area contributed by atoms with E-state index in [0.29, 0.717) is 24.2 Å². The Morgan fingerprint density at radius 3 is 2.59 bits per heavy atom. The number of nitrogens with two attached hydrogens (primary N) is 1. The number of carbonyl (C=O) groups excluding carboxylic acids is 1. The largest absolute Gasteiger partial charge is 0.384 e. The molecule has 1 amide bonds. The van der Waals surface area contributed by atoms with E-state index in [1.165, 1.54) is 12.1 Å². The first-order valence-electron chi connectivity index (χ1n) is 6.96. The average Bonchev–Trinajstić information content (AvgIpc) is 2.48. The molecule has 0 aliphatic carbocycles. The van der Waals surface area contributed by atoms with Gasteiger partial charge in [0, 0.05) is 18.7 Å². The number of carbonyl (C=O) groups is 1. The molecule has 0 spiro atoms. The van der Waals surface area contributed by atoms with Crippen LogP contribution in [0.15, 0.2) is 48.5 Å². The number of primary amides is 1. The molecule has 0 bridgehead atoms. The summed E-state index contributed by atoms with van der Waals surface area (Å²) in [7, 11) is 0. The van der Waals surface area contributed by atoms with Gasteiger partial charge in [0.25, 0.3) is 0 Å². The lowest BCUT2D eigenvalue weighted by Gasteiger charge is -2.24. The molecule has 0 fully saturated rings. The number of amides is 1. The van der Waals surface area contributed by atoms with E-state index in [1.54, 1.807) is 37.3 Å². The van der Waals surface area contributed by atoms with Crippen molar-refractivity contribution in [1.82, 2.24) is 5.32 Å². The van der Waals surface area contributed by atoms with Gasteiger partial charge in [0.2, 0.25) is 5.91 Å². The average molecular weight is 302 g/mol. The molecule has 2 aromatic rings. The van der Waals surface area contributed by atoms with E-state index in [-0.39, 0.29) is 5.82 Å². The molecule has 5 heteroatoms. The molecule has 0 heterocycles. The van der Waals surface area contributed by atoms with Crippen molar-refractivity contribution in [3.8, 4) is 0 Å². The highest BCUT2D eigenvalue weighted by Gasteiger charge is 2.22. The topological polar surface area (TPSA) is 75.3 Å². The summed E-state index contributed by atoms with van der Waals surface area (Å²) in [5.74, 6) is -0.809. The van der Waals surface area contributed by atoms with Crippen molar-refractivity contribution in [3.05, 3.63) is 71.0 Å². The van der Waals surface area contributed by atoms with Crippen LogP contribution in [0.1, 0.15) is 28.4 Å². The fourth-order valence-corrected chi connectivity index (χ4v) is 2.20. The third kappa shape index (κ3) is 4.13. The maximum atomic E-state index is 12.9. The molecule has 116 valence electrons. The maximum Gasteiger partial charge on any atom is 0.248 e. The van der Waals surface area contributed by atoms with Crippen LogP contribution in [0, 0.1) is 5.82 Å². The Bertz CT molecular complexity index is 654. The lowest BCUT2D eigenvalue weighted by Crippen LogP contribution is -2.35. The summed E-state index contributed by atoms with van der Waals surface area (Å²) >= 11 is 0. The van der Waals surface area contributed by atoms with Gasteiger partial charge in [0.05, 0.1) is 5.60 Å². The quantitative estimate of drug-likeness (QED) is 0.763. The first-order chi connectivity index (χ1) is 10.4. The van der Waals surface area contributed by atoms with E-state index in [0.717, 1.165) is 5.56 Å². The first-order valence-corrected chi connectivity index (χ1v) is 6.96. The zero-order chi connectivity index (χ0) is 16.2. The Morgan fingerprint density at radius 1 is 1.27 bits per heavy atom. The molecule has 0 saturated carbocycles. The Hall–Kier alpha value is -2.24. The SMILES string of the molecule is CC(O)(CNCc1cccc(C(N)=O)c1)c1ccc(F)cc1. The molecule has 1 atom stereocenters. The number of hydrogen-bond donors (Lipinski definition) is 3. The van der Waals surface area contributed by atoms with Gasteiger partial charge in [0.15, 0.2) is 0 Å². The number of halogens is 1. The van der Waals surface area contributed by atoms with Crippen LogP contribution in [0.5, 0.6) is 0 Å². The smallest absolute Gasteiger partial charge is 0.248 e. The maximum absolute atomic E-state index is 12.9. The fourth-order valence-electron chi connectivity index (χ4n) is 2.20. The minimum atomic E-state index is -1.12. The summed E-state index contributed by atoms with van der Waals surface area (Å²) in [6, 6.07) is 12.7. The molecule has 0 radical (unpaired) electrons. The van der Waals surface area contributed by atoms with E-state index >= 15 is 0 Å². The molecule has 0 aliphatic heterocycles. The van der Waals surface area contributed by atoms with Crippen LogP contribution in [-0.2, 0) is 12.1 Å². The minimum absolute atomic E-state index is 0.291. The zero-order valence-corrected chi connectivity index (χ0v) is 12.3. The number of hydrogen-bond acceptors (Lipinski definition) is 3. The van der Waals surface area contributed by atoms with E-state index < -0.39 is 11.5 Å². The van der Waals surface area contributed by atoms with Crippen LogP contribution in [0.2, 0.25) is 0 Å². The monoisotopic (exact) mass is 302 g/mol. The van der Waals surface area contributed by atoms with Gasteiger partial charge in [-0.2, -0.15) is 0 Å². The van der Waals surface area contributed by atoms with E-state index in [1.807, 2.05) is 6.07 Å². The Morgan fingerprint density at radius 2 is 1.95 bits per heavy atom. The zero-order valence-electron chi connectivity index (χ0n) is 12.3. The van der Waals surface area contributed by atoms with Gasteiger partial charge in [-0.15, -0.1) is 0 Å². The van der Waals surface area contributed by atoms with Crippen molar-refractivity contribution in [3.63, 3.8) is 0 Å². The van der Waals surface area contributed by atoms with Crippen molar-refractivity contribution in [2.24, 2.45) is 5.73 Å². The fraction of sp³-hybridized carbons (Fsp3) is 0.235. The molecule has 2 aromatic carbocycles. The van der Waals surface area contributed by atoms with Crippen LogP contribution in [0.4, 0.5) is 4.39 Å². The lowest BCUT2D eigenvalue weighted by molar-refractivity contribution is 0.0566. The number of benzene rings is 2. The third-order valence-corrected chi connectivity index (χ3v) is 3.48.